The molecule has 41 heavy (non-hydrogen) atoms. The fraction of sp³-hybridized carbons (Fsp3) is 0.321. The number of aliphatic hydroxyl groups is 2. The fourth-order valence-electron chi connectivity index (χ4n) is 4.24. The monoisotopic (exact) mass is 572 g/mol. The molecule has 0 fully saturated rings. The molecule has 3 aromatic rings. The van der Waals surface area contributed by atoms with Gasteiger partial charge in [0.15, 0.2) is 17.2 Å². The standard InChI is InChI=1S/C28H27F3N4O6/c1-26(33)15-41-24-19(26)12-22(35-23(24)17-5-3-16(13-32)4-6-17)27(38,28(29,30)31)14-34-25(37)18-7-8-20(40-10-9-36)21(11-18)39-2/h3-8,11-12,36,38H,9-10,14-15,33H2,1-2H3,(H,34,37)/t26-,27?/m0/s1. The molecule has 0 spiro atoms. The van der Waals surface area contributed by atoms with Gasteiger partial charge in [0.2, 0.25) is 5.60 Å². The van der Waals surface area contributed by atoms with Crippen LogP contribution in [-0.4, -0.2) is 60.8 Å². The highest BCUT2D eigenvalue weighted by Crippen LogP contribution is 2.46. The number of nitrogens with zero attached hydrogens (tertiary/aromatic N) is 2. The number of nitriles is 1. The lowest BCUT2D eigenvalue weighted by Gasteiger charge is -2.31. The first-order valence-corrected chi connectivity index (χ1v) is 12.3. The maximum Gasteiger partial charge on any atom is 0.424 e. The number of methoxy groups -OCH3 is 1. The molecule has 0 radical (unpaired) electrons. The zero-order valence-corrected chi connectivity index (χ0v) is 22.1. The lowest BCUT2D eigenvalue weighted by Crippen LogP contribution is -2.51. The Bertz CT molecular complexity index is 1490. The zero-order valence-electron chi connectivity index (χ0n) is 22.1. The Balaban J connectivity index is 1.72. The second-order valence-electron chi connectivity index (χ2n) is 9.61. The van der Waals surface area contributed by atoms with E-state index in [9.17, 15) is 23.1 Å². The van der Waals surface area contributed by atoms with E-state index in [-0.39, 0.29) is 53.9 Å². The number of nitrogens with one attached hydrogen (secondary N) is 1. The van der Waals surface area contributed by atoms with Crippen molar-refractivity contribution in [3.63, 3.8) is 0 Å². The van der Waals surface area contributed by atoms with Crippen molar-refractivity contribution >= 4 is 5.91 Å². The average Bonchev–Trinajstić information content (AvgIpc) is 3.27. The van der Waals surface area contributed by atoms with Crippen molar-refractivity contribution in [2.24, 2.45) is 5.73 Å². The van der Waals surface area contributed by atoms with E-state index in [1.165, 1.54) is 49.6 Å². The van der Waals surface area contributed by atoms with E-state index in [1.54, 1.807) is 6.92 Å². The maximum absolute atomic E-state index is 14.5. The number of rotatable bonds is 9. The van der Waals surface area contributed by atoms with Crippen molar-refractivity contribution in [3.05, 3.63) is 70.9 Å². The van der Waals surface area contributed by atoms with Crippen LogP contribution >= 0.6 is 0 Å². The van der Waals surface area contributed by atoms with Crippen LogP contribution in [0.4, 0.5) is 13.2 Å². The molecule has 4 rings (SSSR count). The van der Waals surface area contributed by atoms with Crippen LogP contribution in [-0.2, 0) is 11.1 Å². The zero-order chi connectivity index (χ0) is 30.0. The Morgan fingerprint density at radius 3 is 2.54 bits per heavy atom. The minimum Gasteiger partial charge on any atom is -0.493 e. The summed E-state index contributed by atoms with van der Waals surface area (Å²) in [6.07, 6.45) is -5.27. The molecular weight excluding hydrogens is 545 g/mol. The first kappa shape index (κ1) is 29.6. The van der Waals surface area contributed by atoms with Gasteiger partial charge in [-0.3, -0.25) is 4.79 Å². The van der Waals surface area contributed by atoms with Gasteiger partial charge in [0.05, 0.1) is 43.1 Å². The largest absolute Gasteiger partial charge is 0.493 e. The molecule has 0 saturated carbocycles. The number of carbonyl (C=O) groups excluding carboxylic acids is 1. The lowest BCUT2D eigenvalue weighted by atomic mass is 9.89. The van der Waals surface area contributed by atoms with Gasteiger partial charge in [-0.15, -0.1) is 0 Å². The summed E-state index contributed by atoms with van der Waals surface area (Å²) in [5, 5.41) is 31.3. The van der Waals surface area contributed by atoms with Crippen LogP contribution in [0.2, 0.25) is 0 Å². The van der Waals surface area contributed by atoms with Gasteiger partial charge in [-0.1, -0.05) is 12.1 Å². The molecule has 0 aliphatic carbocycles. The van der Waals surface area contributed by atoms with Crippen LogP contribution in [0.15, 0.2) is 48.5 Å². The summed E-state index contributed by atoms with van der Waals surface area (Å²) in [7, 11) is 1.31. The molecule has 2 aromatic carbocycles. The highest BCUT2D eigenvalue weighted by atomic mass is 19.4. The third kappa shape index (κ3) is 5.76. The van der Waals surface area contributed by atoms with E-state index in [1.807, 2.05) is 6.07 Å². The lowest BCUT2D eigenvalue weighted by molar-refractivity contribution is -0.265. The van der Waals surface area contributed by atoms with E-state index >= 15 is 0 Å². The summed E-state index contributed by atoms with van der Waals surface area (Å²) < 4.78 is 59.7. The number of pyridine rings is 1. The van der Waals surface area contributed by atoms with Crippen LogP contribution in [0.25, 0.3) is 11.3 Å². The smallest absolute Gasteiger partial charge is 0.424 e. The predicted octanol–water partition coefficient (Wildman–Crippen LogP) is 2.75. The molecule has 1 amide bonds. The minimum absolute atomic E-state index is 0.00614. The van der Waals surface area contributed by atoms with Crippen molar-refractivity contribution in [1.29, 1.82) is 5.26 Å². The minimum atomic E-state index is -5.27. The quantitative estimate of drug-likeness (QED) is 0.302. The summed E-state index contributed by atoms with van der Waals surface area (Å²) in [6.45, 7) is -0.0497. The van der Waals surface area contributed by atoms with Gasteiger partial charge in [-0.25, -0.2) is 4.98 Å². The maximum atomic E-state index is 14.5. The number of ether oxygens (including phenoxy) is 3. The van der Waals surface area contributed by atoms with E-state index in [0.717, 1.165) is 6.07 Å². The summed E-state index contributed by atoms with van der Waals surface area (Å²) in [5.41, 5.74) is 1.48. The van der Waals surface area contributed by atoms with Crippen LogP contribution in [0.1, 0.15) is 34.1 Å². The number of hydrogen-bond acceptors (Lipinski definition) is 9. The van der Waals surface area contributed by atoms with Gasteiger partial charge in [0.25, 0.3) is 5.91 Å². The van der Waals surface area contributed by atoms with Gasteiger partial charge in [-0.05, 0) is 43.3 Å². The number of carbonyl (C=O) groups is 1. The van der Waals surface area contributed by atoms with Crippen molar-refractivity contribution in [2.75, 3.05) is 33.5 Å². The molecule has 1 aliphatic heterocycles. The van der Waals surface area contributed by atoms with E-state index in [0.29, 0.717) is 11.1 Å². The van der Waals surface area contributed by atoms with E-state index in [2.05, 4.69) is 10.3 Å². The second kappa shape index (κ2) is 11.2. The molecule has 1 aliphatic rings. The van der Waals surface area contributed by atoms with Gasteiger partial charge >= 0.3 is 6.18 Å². The Morgan fingerprint density at radius 1 is 1.22 bits per heavy atom. The molecule has 216 valence electrons. The Hall–Kier alpha value is -4.38. The number of hydrogen-bond donors (Lipinski definition) is 4. The normalized spacial score (nSPS) is 17.5. The molecule has 13 heteroatoms. The molecule has 10 nitrogen and oxygen atoms in total. The van der Waals surface area contributed by atoms with Gasteiger partial charge in [0.1, 0.15) is 18.9 Å². The van der Waals surface area contributed by atoms with Crippen LogP contribution in [0.5, 0.6) is 17.2 Å². The predicted molar refractivity (Wildman–Crippen MR) is 139 cm³/mol. The number of aromatic nitrogens is 1. The third-order valence-corrected chi connectivity index (χ3v) is 6.56. The van der Waals surface area contributed by atoms with E-state index < -0.39 is 35.5 Å². The summed E-state index contributed by atoms with van der Waals surface area (Å²) in [4.78, 5) is 17.0. The first-order chi connectivity index (χ1) is 19.3. The molecule has 0 saturated heterocycles. The average molecular weight is 573 g/mol. The number of benzene rings is 2. The topological polar surface area (TPSA) is 160 Å². The highest BCUT2D eigenvalue weighted by Gasteiger charge is 2.57. The number of fused-ring (bicyclic) bond motifs is 1. The van der Waals surface area contributed by atoms with Crippen molar-refractivity contribution in [2.45, 2.75) is 24.2 Å². The third-order valence-electron chi connectivity index (χ3n) is 6.56. The van der Waals surface area contributed by atoms with Crippen LogP contribution in [0, 0.1) is 11.3 Å². The number of halogens is 3. The number of alkyl halides is 3. The van der Waals surface area contributed by atoms with Gasteiger partial charge in [0, 0.05) is 16.7 Å². The van der Waals surface area contributed by atoms with Gasteiger partial charge < -0.3 is 35.5 Å². The second-order valence-corrected chi connectivity index (χ2v) is 9.61. The van der Waals surface area contributed by atoms with Crippen LogP contribution < -0.4 is 25.3 Å². The molecule has 1 unspecified atom stereocenters. The molecule has 1 aromatic heterocycles. The van der Waals surface area contributed by atoms with Crippen molar-refractivity contribution < 1.29 is 42.4 Å². The molecule has 0 bridgehead atoms. The first-order valence-electron chi connectivity index (χ1n) is 12.3. The number of nitrogens with two attached hydrogens (primary N) is 1. The number of aliphatic hydroxyl groups excluding tert-OH is 1. The summed E-state index contributed by atoms with van der Waals surface area (Å²) in [5.74, 6) is -0.436. The number of amides is 1. The van der Waals surface area contributed by atoms with Gasteiger partial charge in [-0.2, -0.15) is 18.4 Å². The molecule has 2 atom stereocenters. The Kier molecular flexibility index (Phi) is 8.12. The molecule has 2 heterocycles. The molecular formula is C28H27F3N4O6. The Labute approximate surface area is 233 Å². The molecule has 5 N–H and O–H groups in total. The Morgan fingerprint density at radius 2 is 1.93 bits per heavy atom. The summed E-state index contributed by atoms with van der Waals surface area (Å²) >= 11 is 0. The van der Waals surface area contributed by atoms with Crippen molar-refractivity contribution in [1.82, 2.24) is 10.3 Å². The van der Waals surface area contributed by atoms with Crippen molar-refractivity contribution in [3.8, 4) is 34.6 Å². The van der Waals surface area contributed by atoms with E-state index in [4.69, 9.17) is 30.3 Å². The summed E-state index contributed by atoms with van der Waals surface area (Å²) in [6, 6.07) is 12.8. The van der Waals surface area contributed by atoms with Crippen LogP contribution in [0.3, 0.4) is 0 Å². The highest BCUT2D eigenvalue weighted by molar-refractivity contribution is 5.95. The fourth-order valence-corrected chi connectivity index (χ4v) is 4.24. The SMILES string of the molecule is COc1cc(C(=O)NCC(O)(c2cc3c(c(-c4ccc(C#N)cc4)n2)OC[C@]3(C)N)C(F)(F)F)ccc1OCCO.